The number of amides is 1. The first kappa shape index (κ1) is 58.3. The fourth-order valence-electron chi connectivity index (χ4n) is 7.62. The van der Waals surface area contributed by atoms with Crippen LogP contribution in [0, 0.1) is 0 Å². The number of hydrogen-bond donors (Lipinski definition) is 7. The smallest absolute Gasteiger partial charge is 0.394 e. The van der Waals surface area contributed by atoms with Gasteiger partial charge in [0.1, 0.15) is 30.5 Å². The molecule has 0 saturated carbocycles. The summed E-state index contributed by atoms with van der Waals surface area (Å²) in [6.07, 6.45) is 33.9. The fraction of sp³-hybridized carbons (Fsp3) is 0.854. The Morgan fingerprint density at radius 1 is 0.645 bits per heavy atom. The number of allylic oxidation sites excluding steroid dienone is 5. The van der Waals surface area contributed by atoms with Crippen molar-refractivity contribution >= 4 is 16.3 Å². The number of carbonyl (C=O) groups excluding carboxylic acids is 1. The van der Waals surface area contributed by atoms with Crippen LogP contribution in [0.5, 0.6) is 0 Å². The van der Waals surface area contributed by atoms with Crippen LogP contribution in [0.3, 0.4) is 0 Å². The zero-order valence-corrected chi connectivity index (χ0v) is 39.4. The lowest BCUT2D eigenvalue weighted by atomic mass is 9.99. The highest BCUT2D eigenvalue weighted by atomic mass is 32.3. The normalized spacial score (nSPS) is 21.3. The van der Waals surface area contributed by atoms with Crippen LogP contribution in [-0.4, -0.2) is 107 Å². The van der Waals surface area contributed by atoms with Gasteiger partial charge in [-0.25, -0.2) is 4.18 Å². The third-order valence-electron chi connectivity index (χ3n) is 11.5. The van der Waals surface area contributed by atoms with Crippen molar-refractivity contribution in [1.82, 2.24) is 5.32 Å². The maximum absolute atomic E-state index is 13.1. The Kier molecular flexibility index (Phi) is 36.2. The van der Waals surface area contributed by atoms with Crippen LogP contribution in [0.25, 0.3) is 0 Å². The van der Waals surface area contributed by atoms with E-state index in [-0.39, 0.29) is 6.42 Å². The first-order valence-electron chi connectivity index (χ1n) is 24.5. The SMILES string of the molecule is CCC/C=C/CC/C=C/CC/C=C/C(O)C(COC1OC(CO)C(O)C(OS(=O)(=O)O)C1O)NC(=O)C(O)CCCCCCCCCCCCCCCCCCCCCCCC. The van der Waals surface area contributed by atoms with Gasteiger partial charge in [-0.3, -0.25) is 9.35 Å². The number of unbranched alkanes of at least 4 members (excludes halogenated alkanes) is 24. The van der Waals surface area contributed by atoms with Crippen LogP contribution in [0.4, 0.5) is 0 Å². The second kappa shape index (κ2) is 38.5. The summed E-state index contributed by atoms with van der Waals surface area (Å²) in [5.74, 6) is -0.716. The number of hydrogen-bond acceptors (Lipinski definition) is 11. The van der Waals surface area contributed by atoms with E-state index in [0.717, 1.165) is 51.4 Å². The highest BCUT2D eigenvalue weighted by Gasteiger charge is 2.48. The minimum atomic E-state index is -5.12. The van der Waals surface area contributed by atoms with Crippen LogP contribution < -0.4 is 5.32 Å². The highest BCUT2D eigenvalue weighted by Crippen LogP contribution is 2.26. The van der Waals surface area contributed by atoms with E-state index in [2.05, 4.69) is 47.7 Å². The van der Waals surface area contributed by atoms with Crippen molar-refractivity contribution in [2.45, 2.75) is 249 Å². The maximum Gasteiger partial charge on any atom is 0.397 e. The Bertz CT molecular complexity index is 1260. The third-order valence-corrected chi connectivity index (χ3v) is 12.0. The Balaban J connectivity index is 2.46. The van der Waals surface area contributed by atoms with Crippen molar-refractivity contribution in [2.24, 2.45) is 0 Å². The van der Waals surface area contributed by atoms with Gasteiger partial charge in [0.25, 0.3) is 0 Å². The number of ether oxygens (including phenoxy) is 2. The molecular weight excluding hydrogens is 815 g/mol. The van der Waals surface area contributed by atoms with Gasteiger partial charge in [-0.1, -0.05) is 198 Å². The monoisotopic (exact) mass is 904 g/mol. The molecule has 0 aliphatic carbocycles. The van der Waals surface area contributed by atoms with Crippen LogP contribution in [0.15, 0.2) is 36.5 Å². The Labute approximate surface area is 376 Å². The molecule has 1 aliphatic heterocycles. The fourth-order valence-corrected chi connectivity index (χ4v) is 8.13. The van der Waals surface area contributed by atoms with E-state index in [9.17, 15) is 43.3 Å². The molecule has 1 saturated heterocycles. The number of rotatable bonds is 41. The predicted molar refractivity (Wildman–Crippen MR) is 247 cm³/mol. The summed E-state index contributed by atoms with van der Waals surface area (Å²) in [4.78, 5) is 13.1. The Morgan fingerprint density at radius 3 is 1.52 bits per heavy atom. The van der Waals surface area contributed by atoms with Gasteiger partial charge in [-0.05, 0) is 38.5 Å². The van der Waals surface area contributed by atoms with Gasteiger partial charge in [0.05, 0.1) is 25.4 Å². The molecule has 1 rings (SSSR count). The van der Waals surface area contributed by atoms with Crippen LogP contribution >= 0.6 is 0 Å². The molecule has 0 aromatic rings. The predicted octanol–water partition coefficient (Wildman–Crippen LogP) is 8.86. The number of nitrogens with one attached hydrogen (secondary N) is 1. The van der Waals surface area contributed by atoms with Crippen molar-refractivity contribution < 1.29 is 57.0 Å². The largest absolute Gasteiger partial charge is 0.397 e. The number of carbonyl (C=O) groups is 1. The topological polar surface area (TPSA) is 212 Å². The summed E-state index contributed by atoms with van der Waals surface area (Å²) in [5, 5.41) is 55.1. The molecule has 1 heterocycles. The van der Waals surface area contributed by atoms with Crippen molar-refractivity contribution in [3.63, 3.8) is 0 Å². The van der Waals surface area contributed by atoms with Crippen molar-refractivity contribution in [3.05, 3.63) is 36.5 Å². The summed E-state index contributed by atoms with van der Waals surface area (Å²) < 4.78 is 47.4. The van der Waals surface area contributed by atoms with Crippen molar-refractivity contribution in [3.8, 4) is 0 Å². The van der Waals surface area contributed by atoms with Crippen LogP contribution in [0.1, 0.15) is 200 Å². The van der Waals surface area contributed by atoms with E-state index in [0.29, 0.717) is 12.8 Å². The van der Waals surface area contributed by atoms with E-state index in [1.807, 2.05) is 0 Å². The lowest BCUT2D eigenvalue weighted by Crippen LogP contribution is -2.61. The first-order chi connectivity index (χ1) is 29.9. The van der Waals surface area contributed by atoms with Crippen LogP contribution in [-0.2, 0) is 28.9 Å². The molecule has 14 heteroatoms. The molecule has 1 amide bonds. The molecule has 62 heavy (non-hydrogen) atoms. The van der Waals surface area contributed by atoms with E-state index >= 15 is 0 Å². The summed E-state index contributed by atoms with van der Waals surface area (Å²) >= 11 is 0. The van der Waals surface area contributed by atoms with E-state index in [1.165, 1.54) is 122 Å². The van der Waals surface area contributed by atoms with E-state index in [1.54, 1.807) is 6.08 Å². The number of aliphatic hydroxyl groups is 5. The second-order valence-electron chi connectivity index (χ2n) is 17.2. The summed E-state index contributed by atoms with van der Waals surface area (Å²) in [6, 6.07) is -1.14. The van der Waals surface area contributed by atoms with Gasteiger partial charge in [0, 0.05) is 0 Å². The van der Waals surface area contributed by atoms with Gasteiger partial charge in [-0.15, -0.1) is 0 Å². The van der Waals surface area contributed by atoms with Gasteiger partial charge < -0.3 is 40.3 Å². The summed E-state index contributed by atoms with van der Waals surface area (Å²) in [6.45, 7) is 3.12. The Morgan fingerprint density at radius 2 is 1.08 bits per heavy atom. The van der Waals surface area contributed by atoms with Crippen molar-refractivity contribution in [1.29, 1.82) is 0 Å². The summed E-state index contributed by atoms with van der Waals surface area (Å²) in [7, 11) is -5.12. The number of aliphatic hydroxyl groups excluding tert-OH is 5. The zero-order valence-electron chi connectivity index (χ0n) is 38.5. The molecule has 0 spiro atoms. The maximum atomic E-state index is 13.1. The molecule has 0 aromatic carbocycles. The average molecular weight is 904 g/mol. The molecule has 1 aliphatic rings. The van der Waals surface area contributed by atoms with Gasteiger partial charge in [-0.2, -0.15) is 8.42 Å². The molecule has 0 aromatic heterocycles. The van der Waals surface area contributed by atoms with Gasteiger partial charge in [0.2, 0.25) is 5.91 Å². The lowest BCUT2D eigenvalue weighted by Gasteiger charge is -2.41. The molecule has 0 bridgehead atoms. The molecule has 8 atom stereocenters. The van der Waals surface area contributed by atoms with E-state index < -0.39 is 78.5 Å². The zero-order chi connectivity index (χ0) is 45.7. The highest BCUT2D eigenvalue weighted by molar-refractivity contribution is 7.80. The lowest BCUT2D eigenvalue weighted by molar-refractivity contribution is -0.298. The molecule has 0 radical (unpaired) electrons. The molecule has 13 nitrogen and oxygen atoms in total. The first-order valence-corrected chi connectivity index (χ1v) is 25.8. The molecular formula is C48H89NO12S. The molecule has 7 N–H and O–H groups in total. The third kappa shape index (κ3) is 30.4. The van der Waals surface area contributed by atoms with Gasteiger partial charge in [0.15, 0.2) is 6.29 Å². The molecule has 8 unspecified atom stereocenters. The van der Waals surface area contributed by atoms with Crippen LogP contribution in [0.2, 0.25) is 0 Å². The van der Waals surface area contributed by atoms with E-state index in [4.69, 9.17) is 9.47 Å². The average Bonchev–Trinajstić information content (AvgIpc) is 3.24. The minimum Gasteiger partial charge on any atom is -0.394 e. The Hall–Kier alpha value is -1.72. The molecule has 364 valence electrons. The quantitative estimate of drug-likeness (QED) is 0.0174. The van der Waals surface area contributed by atoms with Crippen molar-refractivity contribution in [2.75, 3.05) is 13.2 Å². The standard InChI is InChI=1S/C48H89NO12S/c1-3-5-7-9-11-13-15-16-17-18-19-20-21-22-23-24-25-27-29-31-33-35-37-42(52)47(55)49-40(41(51)36-34-32-30-28-26-14-12-10-8-6-4-2)39-59-48-45(54)46(61-62(56,57)58)44(53)43(38-50)60-48/h8,10,26,28,34,36,40-46,48,50-54H,3-7,9,11-25,27,29-33,35,37-39H2,1-2H3,(H,49,55)(H,56,57,58)/b10-8+,28-26+,36-34+. The molecule has 1 fully saturated rings. The second-order valence-corrected chi connectivity index (χ2v) is 18.2. The minimum absolute atomic E-state index is 0.236. The van der Waals surface area contributed by atoms with Gasteiger partial charge >= 0.3 is 10.4 Å². The summed E-state index contributed by atoms with van der Waals surface area (Å²) in [5.41, 5.74) is 0.